The van der Waals surface area contributed by atoms with Gasteiger partial charge < -0.3 is 9.67 Å². The summed E-state index contributed by atoms with van der Waals surface area (Å²) in [4.78, 5) is 0. The topological polar surface area (TPSA) is 25.2 Å². The largest absolute Gasteiger partial charge is 0.388 e. The molecule has 20 heavy (non-hydrogen) atoms. The fourth-order valence-electron chi connectivity index (χ4n) is 3.00. The molecule has 0 bridgehead atoms. The van der Waals surface area contributed by atoms with E-state index in [4.69, 9.17) is 0 Å². The monoisotopic (exact) mass is 277 g/mol. The number of rotatable bonds is 2. The highest BCUT2D eigenvalue weighted by molar-refractivity contribution is 5.33. The lowest BCUT2D eigenvalue weighted by molar-refractivity contribution is 0.155. The number of fused-ring (bicyclic) bond motifs is 1. The van der Waals surface area contributed by atoms with Crippen molar-refractivity contribution < 1.29 is 13.9 Å². The molecule has 0 amide bonds. The summed E-state index contributed by atoms with van der Waals surface area (Å²) in [5.41, 5.74) is 3.29. The van der Waals surface area contributed by atoms with Gasteiger partial charge in [-0.2, -0.15) is 0 Å². The van der Waals surface area contributed by atoms with Gasteiger partial charge in [0, 0.05) is 22.5 Å². The van der Waals surface area contributed by atoms with Crippen LogP contribution in [0.2, 0.25) is 0 Å². The molecule has 3 rings (SSSR count). The van der Waals surface area contributed by atoms with E-state index in [0.717, 1.165) is 48.3 Å². The van der Waals surface area contributed by atoms with Crippen LogP contribution in [0.1, 0.15) is 41.5 Å². The lowest BCUT2D eigenvalue weighted by Gasteiger charge is -2.20. The molecule has 1 aliphatic carbocycles. The van der Waals surface area contributed by atoms with Crippen LogP contribution in [0.3, 0.4) is 0 Å². The number of benzene rings is 1. The van der Waals surface area contributed by atoms with Gasteiger partial charge in [0.2, 0.25) is 0 Å². The van der Waals surface area contributed by atoms with Gasteiger partial charge in [-0.1, -0.05) is 0 Å². The van der Waals surface area contributed by atoms with Crippen molar-refractivity contribution in [3.63, 3.8) is 0 Å². The molecule has 1 aliphatic rings. The van der Waals surface area contributed by atoms with Gasteiger partial charge in [-0.15, -0.1) is 0 Å². The van der Waals surface area contributed by atoms with Crippen molar-refractivity contribution in [2.24, 2.45) is 0 Å². The van der Waals surface area contributed by atoms with Gasteiger partial charge >= 0.3 is 0 Å². The molecule has 1 N–H and O–H groups in total. The van der Waals surface area contributed by atoms with Gasteiger partial charge in [0.05, 0.1) is 12.6 Å². The SMILES string of the molecule is Cc1cc2c(n1Cc1cc(F)ccc1F)CCCC2O. The Morgan fingerprint density at radius 1 is 1.30 bits per heavy atom. The number of nitrogens with zero attached hydrogens (tertiary/aromatic N) is 1. The zero-order valence-electron chi connectivity index (χ0n) is 11.4. The van der Waals surface area contributed by atoms with E-state index in [1.54, 1.807) is 0 Å². The van der Waals surface area contributed by atoms with Crippen LogP contribution in [-0.4, -0.2) is 9.67 Å². The van der Waals surface area contributed by atoms with Crippen molar-refractivity contribution in [2.75, 3.05) is 0 Å². The molecule has 1 heterocycles. The number of aromatic nitrogens is 1. The molecular weight excluding hydrogens is 260 g/mol. The second-order valence-electron chi connectivity index (χ2n) is 5.42. The Balaban J connectivity index is 2.01. The number of hydrogen-bond acceptors (Lipinski definition) is 1. The molecule has 1 unspecified atom stereocenters. The molecule has 1 aromatic heterocycles. The van der Waals surface area contributed by atoms with Gasteiger partial charge in [-0.05, 0) is 50.5 Å². The number of halogens is 2. The summed E-state index contributed by atoms with van der Waals surface area (Å²) in [7, 11) is 0. The van der Waals surface area contributed by atoms with Gasteiger partial charge in [-0.3, -0.25) is 0 Å². The average Bonchev–Trinajstić information content (AvgIpc) is 2.73. The fraction of sp³-hybridized carbons (Fsp3) is 0.375. The van der Waals surface area contributed by atoms with E-state index in [1.807, 2.05) is 17.6 Å². The minimum atomic E-state index is -0.434. The molecule has 2 aromatic rings. The molecule has 0 spiro atoms. The summed E-state index contributed by atoms with van der Waals surface area (Å²) < 4.78 is 29.0. The van der Waals surface area contributed by atoms with Crippen molar-refractivity contribution >= 4 is 0 Å². The van der Waals surface area contributed by atoms with Crippen LogP contribution in [0.4, 0.5) is 8.78 Å². The highest BCUT2D eigenvalue weighted by Gasteiger charge is 2.23. The summed E-state index contributed by atoms with van der Waals surface area (Å²) in [6.07, 6.45) is 2.13. The number of aliphatic hydroxyl groups is 1. The van der Waals surface area contributed by atoms with Crippen LogP contribution in [0.25, 0.3) is 0 Å². The Morgan fingerprint density at radius 3 is 2.90 bits per heavy atom. The maximum atomic E-state index is 13.8. The summed E-state index contributed by atoms with van der Waals surface area (Å²) in [6, 6.07) is 5.47. The Labute approximate surface area is 116 Å². The van der Waals surface area contributed by atoms with E-state index in [1.165, 1.54) is 6.07 Å². The van der Waals surface area contributed by atoms with Crippen LogP contribution in [-0.2, 0) is 13.0 Å². The molecule has 1 atom stereocenters. The highest BCUT2D eigenvalue weighted by atomic mass is 19.1. The third-order valence-corrected chi connectivity index (χ3v) is 4.04. The van der Waals surface area contributed by atoms with Gasteiger partial charge in [0.25, 0.3) is 0 Å². The van der Waals surface area contributed by atoms with Crippen molar-refractivity contribution in [2.45, 2.75) is 38.8 Å². The summed E-state index contributed by atoms with van der Waals surface area (Å²) >= 11 is 0. The molecule has 1 aromatic carbocycles. The predicted molar refractivity (Wildman–Crippen MR) is 72.5 cm³/mol. The summed E-state index contributed by atoms with van der Waals surface area (Å²) in [5, 5.41) is 10.0. The molecule has 2 nitrogen and oxygen atoms in total. The van der Waals surface area contributed by atoms with Crippen LogP contribution < -0.4 is 0 Å². The molecule has 106 valence electrons. The van der Waals surface area contributed by atoms with Gasteiger partial charge in [0.15, 0.2) is 0 Å². The predicted octanol–water partition coefficient (Wildman–Crippen LogP) is 3.49. The second-order valence-corrected chi connectivity index (χ2v) is 5.42. The molecule has 4 heteroatoms. The maximum Gasteiger partial charge on any atom is 0.128 e. The van der Waals surface area contributed by atoms with Gasteiger partial charge in [-0.25, -0.2) is 8.78 Å². The van der Waals surface area contributed by atoms with E-state index in [0.29, 0.717) is 12.1 Å². The number of aryl methyl sites for hydroxylation is 1. The maximum absolute atomic E-state index is 13.8. The van der Waals surface area contributed by atoms with E-state index < -0.39 is 17.7 Å². The van der Waals surface area contributed by atoms with Crippen molar-refractivity contribution in [1.82, 2.24) is 4.57 Å². The van der Waals surface area contributed by atoms with Crippen molar-refractivity contribution in [3.8, 4) is 0 Å². The van der Waals surface area contributed by atoms with Crippen LogP contribution in [0, 0.1) is 18.6 Å². The first-order chi connectivity index (χ1) is 9.56. The molecule has 0 radical (unpaired) electrons. The van der Waals surface area contributed by atoms with E-state index in [2.05, 4.69) is 0 Å². The summed E-state index contributed by atoms with van der Waals surface area (Å²) in [6.45, 7) is 2.24. The van der Waals surface area contributed by atoms with E-state index in [9.17, 15) is 13.9 Å². The Bertz CT molecular complexity index is 648. The molecule has 0 saturated carbocycles. The van der Waals surface area contributed by atoms with Crippen molar-refractivity contribution in [1.29, 1.82) is 0 Å². The third-order valence-electron chi connectivity index (χ3n) is 4.04. The highest BCUT2D eigenvalue weighted by Crippen LogP contribution is 2.32. The fourth-order valence-corrected chi connectivity index (χ4v) is 3.00. The van der Waals surface area contributed by atoms with Crippen LogP contribution >= 0.6 is 0 Å². The standard InChI is InChI=1S/C16H17F2NO/c1-10-7-13-15(3-2-4-16(13)20)19(10)9-11-8-12(17)5-6-14(11)18/h5-8,16,20H,2-4,9H2,1H3. The summed E-state index contributed by atoms with van der Waals surface area (Å²) in [5.74, 6) is -0.829. The average molecular weight is 277 g/mol. The lowest BCUT2D eigenvalue weighted by Crippen LogP contribution is -2.13. The van der Waals surface area contributed by atoms with Crippen LogP contribution in [0.5, 0.6) is 0 Å². The Hall–Kier alpha value is -1.68. The zero-order chi connectivity index (χ0) is 14.3. The quantitative estimate of drug-likeness (QED) is 0.893. The van der Waals surface area contributed by atoms with Crippen molar-refractivity contribution in [3.05, 3.63) is 58.4 Å². The molecule has 0 saturated heterocycles. The first-order valence-corrected chi connectivity index (χ1v) is 6.87. The number of aliphatic hydroxyl groups excluding tert-OH is 1. The zero-order valence-corrected chi connectivity index (χ0v) is 11.4. The first kappa shape index (κ1) is 13.3. The van der Waals surface area contributed by atoms with E-state index in [-0.39, 0.29) is 0 Å². The first-order valence-electron chi connectivity index (χ1n) is 6.87. The lowest BCUT2D eigenvalue weighted by atomic mass is 9.95. The number of hydrogen-bond donors (Lipinski definition) is 1. The minimum absolute atomic E-state index is 0.303. The molecular formula is C16H17F2NO. The normalized spacial score (nSPS) is 18.1. The van der Waals surface area contributed by atoms with E-state index >= 15 is 0 Å². The molecule has 0 aliphatic heterocycles. The smallest absolute Gasteiger partial charge is 0.128 e. The second kappa shape index (κ2) is 5.02. The third kappa shape index (κ3) is 2.24. The molecule has 0 fully saturated rings. The van der Waals surface area contributed by atoms with Crippen LogP contribution in [0.15, 0.2) is 24.3 Å². The van der Waals surface area contributed by atoms with Gasteiger partial charge in [0.1, 0.15) is 11.6 Å². The Kier molecular flexibility index (Phi) is 3.34. The minimum Gasteiger partial charge on any atom is -0.388 e. The Morgan fingerprint density at radius 2 is 2.10 bits per heavy atom.